The number of amides is 1. The van der Waals surface area contributed by atoms with Gasteiger partial charge in [-0.15, -0.1) is 11.3 Å². The number of thiazole rings is 1. The molecule has 2 aromatic carbocycles. The minimum Gasteiger partial charge on any atom is -0.369 e. The summed E-state index contributed by atoms with van der Waals surface area (Å²) in [6, 6.07) is 16.7. The molecule has 3 aromatic rings. The van der Waals surface area contributed by atoms with Crippen molar-refractivity contribution >= 4 is 32.8 Å². The van der Waals surface area contributed by atoms with Gasteiger partial charge in [-0.05, 0) is 55.5 Å². The Labute approximate surface area is 238 Å². The van der Waals surface area contributed by atoms with E-state index < -0.39 is 15.4 Å². The van der Waals surface area contributed by atoms with E-state index in [1.165, 1.54) is 23.5 Å². The van der Waals surface area contributed by atoms with Gasteiger partial charge in [0.2, 0.25) is 5.91 Å². The fraction of sp³-hybridized carbons (Fsp3) is 0.433. The maximum Gasteiger partial charge on any atom is 0.225 e. The predicted molar refractivity (Wildman–Crippen MR) is 154 cm³/mol. The van der Waals surface area contributed by atoms with Gasteiger partial charge in [-0.2, -0.15) is 5.26 Å². The Balaban J connectivity index is 1.35. The average molecular weight is 579 g/mol. The molecule has 0 spiro atoms. The van der Waals surface area contributed by atoms with Crippen LogP contribution >= 0.6 is 11.3 Å². The topological polar surface area (TPSA) is 103 Å². The van der Waals surface area contributed by atoms with Gasteiger partial charge in [0.05, 0.1) is 28.1 Å². The average Bonchev–Trinajstić information content (AvgIpc) is 3.59. The van der Waals surface area contributed by atoms with Crippen LogP contribution in [0.15, 0.2) is 48.5 Å². The standard InChI is InChI=1S/C30H31FN4O3S2/c31-22-5-3-4-21(18-22)29-33-26(24-6-1-2-7-25(24)28(36)34-30(19-32)12-13-30)27(39-29)20-8-10-23(11-9-20)35-14-16-40(37,38)17-15-35/h3-5,8-11,18,24-25H,1-2,6-7,12-17H2,(H,34,36). The highest BCUT2D eigenvalue weighted by Crippen LogP contribution is 2.46. The Hall–Kier alpha value is -3.29. The summed E-state index contributed by atoms with van der Waals surface area (Å²) in [5, 5.41) is 13.3. The molecule has 7 nitrogen and oxygen atoms in total. The Morgan fingerprint density at radius 2 is 1.80 bits per heavy atom. The minimum atomic E-state index is -2.97. The number of carbonyl (C=O) groups excluding carboxylic acids is 1. The second-order valence-electron chi connectivity index (χ2n) is 11.1. The second-order valence-corrected chi connectivity index (χ2v) is 14.4. The largest absolute Gasteiger partial charge is 0.369 e. The number of nitrogens with one attached hydrogen (secondary N) is 1. The predicted octanol–water partition coefficient (Wildman–Crippen LogP) is 5.30. The van der Waals surface area contributed by atoms with Crippen LogP contribution in [0, 0.1) is 23.1 Å². The number of hydrogen-bond acceptors (Lipinski definition) is 7. The normalized spacial score (nSPS) is 23.2. The van der Waals surface area contributed by atoms with Gasteiger partial charge in [-0.25, -0.2) is 17.8 Å². The number of sulfone groups is 1. The maximum atomic E-state index is 14.1. The van der Waals surface area contributed by atoms with Gasteiger partial charge in [0.1, 0.15) is 16.4 Å². The van der Waals surface area contributed by atoms with Gasteiger partial charge in [0.25, 0.3) is 0 Å². The van der Waals surface area contributed by atoms with Crippen molar-refractivity contribution in [2.75, 3.05) is 29.5 Å². The molecule has 6 rings (SSSR count). The molecule has 208 valence electrons. The van der Waals surface area contributed by atoms with Crippen LogP contribution in [0.1, 0.15) is 50.1 Å². The zero-order valence-electron chi connectivity index (χ0n) is 22.1. The molecule has 10 heteroatoms. The van der Waals surface area contributed by atoms with Gasteiger partial charge >= 0.3 is 0 Å². The van der Waals surface area contributed by atoms with Gasteiger partial charge in [-0.3, -0.25) is 4.79 Å². The molecular formula is C30H31FN4O3S2. The summed E-state index contributed by atoms with van der Waals surface area (Å²) in [7, 11) is -2.97. The first kappa shape index (κ1) is 26.9. The van der Waals surface area contributed by atoms with Crippen LogP contribution in [0.5, 0.6) is 0 Å². The summed E-state index contributed by atoms with van der Waals surface area (Å²) in [5.74, 6) is -0.485. The van der Waals surface area contributed by atoms with Gasteiger partial charge in [0, 0.05) is 36.2 Å². The van der Waals surface area contributed by atoms with E-state index >= 15 is 0 Å². The second kappa shape index (κ2) is 10.6. The number of hydrogen-bond donors (Lipinski definition) is 1. The Morgan fingerprint density at radius 1 is 1.07 bits per heavy atom. The van der Waals surface area contributed by atoms with Crippen LogP contribution in [0.25, 0.3) is 21.0 Å². The van der Waals surface area contributed by atoms with E-state index in [0.717, 1.165) is 47.5 Å². The highest BCUT2D eigenvalue weighted by atomic mass is 32.2. The van der Waals surface area contributed by atoms with Crippen LogP contribution in [-0.2, 0) is 14.6 Å². The number of aromatic nitrogens is 1. The van der Waals surface area contributed by atoms with Crippen molar-refractivity contribution in [1.29, 1.82) is 5.26 Å². The minimum absolute atomic E-state index is 0.0783. The third-order valence-corrected chi connectivity index (χ3v) is 11.1. The van der Waals surface area contributed by atoms with Crippen LogP contribution in [0.2, 0.25) is 0 Å². The highest BCUT2D eigenvalue weighted by Gasteiger charge is 2.47. The zero-order chi connectivity index (χ0) is 27.9. The quantitative estimate of drug-likeness (QED) is 0.426. The number of anilines is 1. The van der Waals surface area contributed by atoms with Crippen molar-refractivity contribution in [3.8, 4) is 27.1 Å². The number of nitrogens with zero attached hydrogens (tertiary/aromatic N) is 3. The van der Waals surface area contributed by atoms with E-state index in [4.69, 9.17) is 4.98 Å². The molecule has 1 aromatic heterocycles. The maximum absolute atomic E-state index is 14.1. The first-order chi connectivity index (χ1) is 19.3. The molecule has 1 N–H and O–H groups in total. The summed E-state index contributed by atoms with van der Waals surface area (Å²) in [6.07, 6.45) is 4.87. The first-order valence-electron chi connectivity index (χ1n) is 13.8. The molecule has 0 bridgehead atoms. The molecular weight excluding hydrogens is 547 g/mol. The third-order valence-electron chi connectivity index (χ3n) is 8.34. The molecule has 1 saturated heterocycles. The first-order valence-corrected chi connectivity index (χ1v) is 16.5. The van der Waals surface area contributed by atoms with E-state index in [1.54, 1.807) is 6.07 Å². The van der Waals surface area contributed by atoms with Crippen LogP contribution in [-0.4, -0.2) is 49.4 Å². The number of carbonyl (C=O) groups is 1. The highest BCUT2D eigenvalue weighted by molar-refractivity contribution is 7.91. The van der Waals surface area contributed by atoms with E-state index in [9.17, 15) is 22.9 Å². The summed E-state index contributed by atoms with van der Waals surface area (Å²) >= 11 is 1.50. The molecule has 1 aliphatic heterocycles. The lowest BCUT2D eigenvalue weighted by atomic mass is 9.76. The smallest absolute Gasteiger partial charge is 0.225 e. The lowest BCUT2D eigenvalue weighted by Gasteiger charge is -2.31. The van der Waals surface area contributed by atoms with Crippen molar-refractivity contribution in [3.05, 3.63) is 60.0 Å². The van der Waals surface area contributed by atoms with E-state index in [2.05, 4.69) is 16.3 Å². The van der Waals surface area contributed by atoms with Crippen LogP contribution in [0.4, 0.5) is 10.1 Å². The Morgan fingerprint density at radius 3 is 2.48 bits per heavy atom. The molecule has 1 amide bonds. The SMILES string of the molecule is N#CC1(NC(=O)C2CCCCC2c2nc(-c3cccc(F)c3)sc2-c2ccc(N3CCS(=O)(=O)CC3)cc2)CC1. The van der Waals surface area contributed by atoms with E-state index in [0.29, 0.717) is 36.5 Å². The molecule has 3 fully saturated rings. The van der Waals surface area contributed by atoms with E-state index in [1.807, 2.05) is 30.3 Å². The molecule has 2 unspecified atom stereocenters. The van der Waals surface area contributed by atoms with Crippen molar-refractivity contribution < 1.29 is 17.6 Å². The summed E-state index contributed by atoms with van der Waals surface area (Å²) in [6.45, 7) is 0.945. The lowest BCUT2D eigenvalue weighted by molar-refractivity contribution is -0.127. The number of rotatable bonds is 6. The van der Waals surface area contributed by atoms with Crippen LogP contribution in [0.3, 0.4) is 0 Å². The Kier molecular flexibility index (Phi) is 7.13. The zero-order valence-corrected chi connectivity index (χ0v) is 23.7. The van der Waals surface area contributed by atoms with Crippen molar-refractivity contribution in [3.63, 3.8) is 0 Å². The van der Waals surface area contributed by atoms with Crippen molar-refractivity contribution in [2.45, 2.75) is 50.0 Å². The van der Waals surface area contributed by atoms with Crippen LogP contribution < -0.4 is 10.2 Å². The third kappa shape index (κ3) is 5.50. The fourth-order valence-corrected chi connectivity index (χ4v) is 8.16. The fourth-order valence-electron chi connectivity index (χ4n) is 5.82. The summed E-state index contributed by atoms with van der Waals surface area (Å²) < 4.78 is 37.9. The van der Waals surface area contributed by atoms with E-state index in [-0.39, 0.29) is 35.1 Å². The molecule has 40 heavy (non-hydrogen) atoms. The number of benzene rings is 2. The Bertz CT molecular complexity index is 1560. The molecule has 2 saturated carbocycles. The van der Waals surface area contributed by atoms with Gasteiger partial charge in [-0.1, -0.05) is 37.1 Å². The molecule has 0 radical (unpaired) electrons. The molecule has 2 atom stereocenters. The number of nitriles is 1. The number of halogens is 1. The van der Waals surface area contributed by atoms with Gasteiger partial charge < -0.3 is 10.2 Å². The van der Waals surface area contributed by atoms with Crippen molar-refractivity contribution in [2.24, 2.45) is 5.92 Å². The summed E-state index contributed by atoms with van der Waals surface area (Å²) in [4.78, 5) is 21.5. The monoisotopic (exact) mass is 578 g/mol. The molecule has 2 heterocycles. The lowest BCUT2D eigenvalue weighted by Crippen LogP contribution is -2.42. The molecule has 2 aliphatic carbocycles. The summed E-state index contributed by atoms with van der Waals surface area (Å²) in [5.41, 5.74) is 2.75. The van der Waals surface area contributed by atoms with Crippen molar-refractivity contribution in [1.82, 2.24) is 10.3 Å². The molecule has 3 aliphatic rings. The van der Waals surface area contributed by atoms with Gasteiger partial charge in [0.15, 0.2) is 9.84 Å².